The summed E-state index contributed by atoms with van der Waals surface area (Å²) in [5, 5.41) is 1.53. The molecule has 0 aromatic heterocycles. The molecule has 2 aliphatic rings. The number of carbonyl (C=O) groups is 3. The van der Waals surface area contributed by atoms with Crippen LogP contribution < -0.4 is 5.32 Å². The fraction of sp³-hybridized carbons (Fsp3) is 0.308. The number of imide groups is 1. The number of alkyl halides is 1. The van der Waals surface area contributed by atoms with Gasteiger partial charge >= 0.3 is 0 Å². The van der Waals surface area contributed by atoms with E-state index in [1.807, 2.05) is 5.32 Å². The second kappa shape index (κ2) is 5.48. The molecular weight excluding hydrogens is 393 g/mol. The summed E-state index contributed by atoms with van der Waals surface area (Å²) in [6, 6.07) is 0. The highest BCUT2D eigenvalue weighted by atomic mass is 35.5. The number of hydrogen-bond donors (Lipinski definition) is 1. The highest BCUT2D eigenvalue weighted by Gasteiger charge is 2.53. The van der Waals surface area contributed by atoms with E-state index in [0.717, 1.165) is 0 Å². The molecule has 1 saturated heterocycles. The molecular formula is C13H7Cl4FN2O3. The zero-order chi connectivity index (χ0) is 17.1. The monoisotopic (exact) mass is 398 g/mol. The summed E-state index contributed by atoms with van der Waals surface area (Å²) in [6.07, 6.45) is -0.681. The van der Waals surface area contributed by atoms with E-state index in [4.69, 9.17) is 46.4 Å². The quantitative estimate of drug-likeness (QED) is 0.341. The number of nitrogens with one attached hydrogen (secondary N) is 1. The van der Waals surface area contributed by atoms with E-state index in [9.17, 15) is 14.4 Å². The topological polar surface area (TPSA) is 66.5 Å². The molecule has 1 fully saturated rings. The van der Waals surface area contributed by atoms with E-state index >= 15 is 4.39 Å². The van der Waals surface area contributed by atoms with Gasteiger partial charge in [0.1, 0.15) is 0 Å². The van der Waals surface area contributed by atoms with Crippen LogP contribution in [0.25, 0.3) is 0 Å². The summed E-state index contributed by atoms with van der Waals surface area (Å²) >= 11 is 23.9. The second-order valence-corrected chi connectivity index (χ2v) is 6.65. The standard InChI is InChI=1S/C13H7Cl4FN2O3/c14-7-4-3-20(13(18)2-1-5(21)19-12(13)23)11(22)6(4)8(15)10(17)9(7)16/h1-3H2,(H,19,21,23). The van der Waals surface area contributed by atoms with Gasteiger partial charge in [-0.15, -0.1) is 0 Å². The van der Waals surface area contributed by atoms with Crippen molar-refractivity contribution in [3.8, 4) is 0 Å². The normalized spacial score (nSPS) is 24.0. The maximum Gasteiger partial charge on any atom is 0.285 e. The molecule has 3 rings (SSSR count). The Labute approximate surface area is 149 Å². The number of hydrogen-bond acceptors (Lipinski definition) is 3. The molecule has 0 aliphatic carbocycles. The molecule has 2 heterocycles. The molecule has 0 saturated carbocycles. The van der Waals surface area contributed by atoms with E-state index in [-0.39, 0.29) is 44.2 Å². The zero-order valence-corrected chi connectivity index (χ0v) is 14.2. The Kier molecular flexibility index (Phi) is 3.99. The molecule has 0 spiro atoms. The number of rotatable bonds is 1. The number of fused-ring (bicyclic) bond motifs is 1. The fourth-order valence-corrected chi connectivity index (χ4v) is 3.67. The Morgan fingerprint density at radius 3 is 2.22 bits per heavy atom. The lowest BCUT2D eigenvalue weighted by molar-refractivity contribution is -0.154. The zero-order valence-electron chi connectivity index (χ0n) is 11.2. The van der Waals surface area contributed by atoms with Crippen molar-refractivity contribution >= 4 is 64.1 Å². The summed E-state index contributed by atoms with van der Waals surface area (Å²) in [7, 11) is 0. The van der Waals surface area contributed by atoms with Gasteiger partial charge in [0.15, 0.2) is 0 Å². The number of nitrogens with zero attached hydrogens (tertiary/aromatic N) is 1. The van der Waals surface area contributed by atoms with Crippen LogP contribution in [0.4, 0.5) is 4.39 Å². The van der Waals surface area contributed by atoms with Gasteiger partial charge in [-0.05, 0) is 0 Å². The number of amides is 3. The minimum absolute atomic E-state index is 0.0252. The summed E-state index contributed by atoms with van der Waals surface area (Å²) in [6.45, 7) is -0.304. The van der Waals surface area contributed by atoms with Crippen molar-refractivity contribution in [2.45, 2.75) is 25.2 Å². The number of halogens is 5. The van der Waals surface area contributed by atoms with Gasteiger partial charge in [0.25, 0.3) is 17.6 Å². The Morgan fingerprint density at radius 1 is 1.00 bits per heavy atom. The van der Waals surface area contributed by atoms with Crippen LogP contribution in [0.2, 0.25) is 20.1 Å². The predicted octanol–water partition coefficient (Wildman–Crippen LogP) is 3.36. The highest BCUT2D eigenvalue weighted by molar-refractivity contribution is 6.53. The number of benzene rings is 1. The van der Waals surface area contributed by atoms with Gasteiger partial charge in [-0.2, -0.15) is 0 Å². The van der Waals surface area contributed by atoms with Gasteiger partial charge in [-0.3, -0.25) is 24.6 Å². The molecule has 5 nitrogen and oxygen atoms in total. The Bertz CT molecular complexity index is 785. The fourth-order valence-electron chi connectivity index (χ4n) is 2.63. The first-order valence-corrected chi connectivity index (χ1v) is 7.89. The third-order valence-electron chi connectivity index (χ3n) is 3.85. The molecule has 23 heavy (non-hydrogen) atoms. The van der Waals surface area contributed by atoms with Crippen molar-refractivity contribution < 1.29 is 18.8 Å². The third kappa shape index (κ3) is 2.31. The lowest BCUT2D eigenvalue weighted by atomic mass is 10.0. The van der Waals surface area contributed by atoms with Gasteiger partial charge in [0, 0.05) is 18.4 Å². The minimum Gasteiger partial charge on any atom is -0.294 e. The lowest BCUT2D eigenvalue weighted by Crippen LogP contribution is -2.60. The van der Waals surface area contributed by atoms with E-state index in [1.165, 1.54) is 0 Å². The van der Waals surface area contributed by atoms with Crippen LogP contribution in [0, 0.1) is 0 Å². The average Bonchev–Trinajstić information content (AvgIpc) is 2.85. The maximum atomic E-state index is 15.1. The summed E-state index contributed by atoms with van der Waals surface area (Å²) in [5.74, 6) is -5.30. The van der Waals surface area contributed by atoms with Crippen molar-refractivity contribution in [2.24, 2.45) is 0 Å². The molecule has 2 aliphatic heterocycles. The lowest BCUT2D eigenvalue weighted by Gasteiger charge is -2.35. The molecule has 3 amide bonds. The molecule has 10 heteroatoms. The van der Waals surface area contributed by atoms with E-state index in [2.05, 4.69) is 0 Å². The Hall–Kier alpha value is -1.08. The molecule has 1 aromatic rings. The van der Waals surface area contributed by atoms with E-state index in [0.29, 0.717) is 4.90 Å². The SMILES string of the molecule is O=C1CCC(F)(N2Cc3c(Cl)c(Cl)c(Cl)c(Cl)c3C2=O)C(=O)N1. The van der Waals surface area contributed by atoms with Gasteiger partial charge in [-0.1, -0.05) is 46.4 Å². The summed E-state index contributed by atoms with van der Waals surface area (Å²) in [4.78, 5) is 36.3. The molecule has 1 aromatic carbocycles. The van der Waals surface area contributed by atoms with Crippen LogP contribution in [0.15, 0.2) is 0 Å². The van der Waals surface area contributed by atoms with Crippen LogP contribution in [-0.4, -0.2) is 28.4 Å². The van der Waals surface area contributed by atoms with Gasteiger partial charge in [0.05, 0.1) is 32.2 Å². The van der Waals surface area contributed by atoms with E-state index < -0.39 is 29.9 Å². The van der Waals surface area contributed by atoms with Crippen molar-refractivity contribution in [1.82, 2.24) is 10.2 Å². The van der Waals surface area contributed by atoms with Crippen molar-refractivity contribution in [2.75, 3.05) is 0 Å². The molecule has 1 N–H and O–H groups in total. The van der Waals surface area contributed by atoms with Crippen LogP contribution in [0.5, 0.6) is 0 Å². The highest BCUT2D eigenvalue weighted by Crippen LogP contribution is 2.47. The molecule has 1 unspecified atom stereocenters. The minimum atomic E-state index is -2.67. The Morgan fingerprint density at radius 2 is 1.61 bits per heavy atom. The van der Waals surface area contributed by atoms with E-state index in [1.54, 1.807) is 0 Å². The molecule has 1 atom stereocenters. The number of piperidine rings is 1. The smallest absolute Gasteiger partial charge is 0.285 e. The molecule has 0 radical (unpaired) electrons. The predicted molar refractivity (Wildman–Crippen MR) is 82.6 cm³/mol. The third-order valence-corrected chi connectivity index (χ3v) is 5.69. The first-order valence-electron chi connectivity index (χ1n) is 6.38. The first-order chi connectivity index (χ1) is 10.7. The number of carbonyl (C=O) groups excluding carboxylic acids is 3. The largest absolute Gasteiger partial charge is 0.294 e. The Balaban J connectivity index is 2.08. The maximum absolute atomic E-state index is 15.1. The van der Waals surface area contributed by atoms with Crippen molar-refractivity contribution in [3.05, 3.63) is 31.2 Å². The first kappa shape index (κ1) is 16.8. The summed E-state index contributed by atoms with van der Waals surface area (Å²) < 4.78 is 15.1. The van der Waals surface area contributed by atoms with Crippen LogP contribution in [-0.2, 0) is 16.1 Å². The van der Waals surface area contributed by atoms with Gasteiger partial charge in [-0.25, -0.2) is 4.39 Å². The van der Waals surface area contributed by atoms with Crippen LogP contribution >= 0.6 is 46.4 Å². The van der Waals surface area contributed by atoms with Crippen LogP contribution in [0.3, 0.4) is 0 Å². The van der Waals surface area contributed by atoms with Gasteiger partial charge < -0.3 is 0 Å². The second-order valence-electron chi connectivity index (χ2n) is 5.14. The van der Waals surface area contributed by atoms with Gasteiger partial charge in [0.2, 0.25) is 5.91 Å². The summed E-state index contributed by atoms with van der Waals surface area (Å²) in [5.41, 5.74) is 0.102. The average molecular weight is 400 g/mol. The molecule has 122 valence electrons. The van der Waals surface area contributed by atoms with Crippen LogP contribution in [0.1, 0.15) is 28.8 Å². The van der Waals surface area contributed by atoms with Crippen molar-refractivity contribution in [1.29, 1.82) is 0 Å². The molecule has 0 bridgehead atoms. The van der Waals surface area contributed by atoms with Crippen molar-refractivity contribution in [3.63, 3.8) is 0 Å².